The van der Waals surface area contributed by atoms with Crippen LogP contribution < -0.4 is 5.73 Å². The van der Waals surface area contributed by atoms with E-state index in [0.29, 0.717) is 6.04 Å². The topological polar surface area (TPSA) is 32.5 Å². The predicted molar refractivity (Wildman–Crippen MR) is 93.8 cm³/mol. The zero-order valence-electron chi connectivity index (χ0n) is 12.8. The summed E-state index contributed by atoms with van der Waals surface area (Å²) in [5, 5.41) is 0. The van der Waals surface area contributed by atoms with Crippen molar-refractivity contribution in [3.05, 3.63) is 20.8 Å². The van der Waals surface area contributed by atoms with Gasteiger partial charge in [0.1, 0.15) is 0 Å². The third-order valence-electron chi connectivity index (χ3n) is 5.01. The molecular formula is C16H26BrN3S. The van der Waals surface area contributed by atoms with Crippen molar-refractivity contribution in [2.75, 3.05) is 26.2 Å². The first-order valence-electron chi connectivity index (χ1n) is 8.18. The number of rotatable bonds is 5. The minimum absolute atomic E-state index is 0.230. The molecular weight excluding hydrogens is 346 g/mol. The van der Waals surface area contributed by atoms with Crippen molar-refractivity contribution in [1.29, 1.82) is 0 Å². The van der Waals surface area contributed by atoms with E-state index in [4.69, 9.17) is 5.73 Å². The summed E-state index contributed by atoms with van der Waals surface area (Å²) in [6.45, 7) is 7.18. The van der Waals surface area contributed by atoms with Crippen LogP contribution in [-0.4, -0.2) is 48.1 Å². The molecule has 2 fully saturated rings. The predicted octanol–water partition coefficient (Wildman–Crippen LogP) is 3.46. The lowest BCUT2D eigenvalue weighted by molar-refractivity contribution is 0.182. The lowest BCUT2D eigenvalue weighted by Crippen LogP contribution is -2.41. The average Bonchev–Trinajstić information content (AvgIpc) is 3.19. The molecule has 2 aliphatic heterocycles. The summed E-state index contributed by atoms with van der Waals surface area (Å²) >= 11 is 5.44. The molecule has 0 radical (unpaired) electrons. The molecule has 2 aliphatic rings. The Bertz CT molecular complexity index is 458. The summed E-state index contributed by atoms with van der Waals surface area (Å²) in [6.07, 6.45) is 5.10. The van der Waals surface area contributed by atoms with E-state index in [1.165, 1.54) is 54.1 Å². The van der Waals surface area contributed by atoms with Crippen molar-refractivity contribution in [3.63, 3.8) is 0 Å². The van der Waals surface area contributed by atoms with Crippen LogP contribution >= 0.6 is 27.3 Å². The van der Waals surface area contributed by atoms with Crippen LogP contribution in [0.1, 0.15) is 43.5 Å². The number of halogens is 1. The van der Waals surface area contributed by atoms with Crippen molar-refractivity contribution in [2.45, 2.75) is 50.7 Å². The highest BCUT2D eigenvalue weighted by molar-refractivity contribution is 9.11. The SMILES string of the molecule is CCC(N)C(c1ccc(Br)s1)N1CCC(N2CCCC2)C1. The molecule has 0 aromatic carbocycles. The maximum atomic E-state index is 6.47. The fraction of sp³-hybridized carbons (Fsp3) is 0.750. The molecule has 3 atom stereocenters. The minimum atomic E-state index is 0.230. The molecule has 3 heterocycles. The van der Waals surface area contributed by atoms with Gasteiger partial charge in [0.05, 0.1) is 9.83 Å². The van der Waals surface area contributed by atoms with Gasteiger partial charge in [-0.15, -0.1) is 11.3 Å². The molecule has 3 nitrogen and oxygen atoms in total. The zero-order valence-corrected chi connectivity index (χ0v) is 15.2. The minimum Gasteiger partial charge on any atom is -0.326 e. The van der Waals surface area contributed by atoms with Gasteiger partial charge in [0.2, 0.25) is 0 Å². The number of nitrogens with zero attached hydrogens (tertiary/aromatic N) is 2. The van der Waals surface area contributed by atoms with E-state index in [1.54, 1.807) is 0 Å². The molecule has 21 heavy (non-hydrogen) atoms. The van der Waals surface area contributed by atoms with Crippen LogP contribution in [0.15, 0.2) is 15.9 Å². The van der Waals surface area contributed by atoms with Crippen molar-refractivity contribution in [3.8, 4) is 0 Å². The van der Waals surface area contributed by atoms with Gasteiger partial charge in [-0.25, -0.2) is 0 Å². The number of thiophene rings is 1. The molecule has 2 N–H and O–H groups in total. The number of nitrogens with two attached hydrogens (primary N) is 1. The van der Waals surface area contributed by atoms with Crippen LogP contribution in [0.5, 0.6) is 0 Å². The summed E-state index contributed by atoms with van der Waals surface area (Å²) in [5.41, 5.74) is 6.47. The first-order chi connectivity index (χ1) is 10.2. The Morgan fingerprint density at radius 1 is 1.33 bits per heavy atom. The second kappa shape index (κ2) is 7.09. The Hall–Kier alpha value is 0.0600. The van der Waals surface area contributed by atoms with Crippen LogP contribution in [0.25, 0.3) is 0 Å². The number of hydrogen-bond acceptors (Lipinski definition) is 4. The van der Waals surface area contributed by atoms with E-state index in [9.17, 15) is 0 Å². The summed E-state index contributed by atoms with van der Waals surface area (Å²) in [5.74, 6) is 0. The molecule has 0 saturated carbocycles. The standard InChI is InChI=1S/C16H26BrN3S/c1-2-13(18)16(14-5-6-15(17)21-14)20-10-7-12(11-20)19-8-3-4-9-19/h5-6,12-13,16H,2-4,7-11,18H2,1H3. The summed E-state index contributed by atoms with van der Waals surface area (Å²) in [7, 11) is 0. The van der Waals surface area contributed by atoms with Crippen LogP contribution in [-0.2, 0) is 0 Å². The summed E-state index contributed by atoms with van der Waals surface area (Å²) in [6, 6.07) is 5.77. The van der Waals surface area contributed by atoms with Gasteiger partial charge in [-0.2, -0.15) is 0 Å². The average molecular weight is 372 g/mol. The van der Waals surface area contributed by atoms with Gasteiger partial charge in [-0.05, 0) is 66.8 Å². The smallest absolute Gasteiger partial charge is 0.0702 e. The fourth-order valence-electron chi connectivity index (χ4n) is 3.80. The molecule has 0 aliphatic carbocycles. The monoisotopic (exact) mass is 371 g/mol. The number of likely N-dealkylation sites (tertiary alicyclic amines) is 2. The lowest BCUT2D eigenvalue weighted by atomic mass is 10.0. The largest absolute Gasteiger partial charge is 0.326 e. The van der Waals surface area contributed by atoms with E-state index in [2.05, 4.69) is 44.8 Å². The van der Waals surface area contributed by atoms with E-state index < -0.39 is 0 Å². The van der Waals surface area contributed by atoms with Gasteiger partial charge in [0.25, 0.3) is 0 Å². The van der Waals surface area contributed by atoms with Crippen molar-refractivity contribution < 1.29 is 0 Å². The highest BCUT2D eigenvalue weighted by Gasteiger charge is 2.35. The lowest BCUT2D eigenvalue weighted by Gasteiger charge is -2.32. The Kier molecular flexibility index (Phi) is 5.38. The van der Waals surface area contributed by atoms with E-state index in [-0.39, 0.29) is 6.04 Å². The first kappa shape index (κ1) is 15.9. The Balaban J connectivity index is 1.72. The van der Waals surface area contributed by atoms with Crippen LogP contribution in [0.2, 0.25) is 0 Å². The van der Waals surface area contributed by atoms with E-state index >= 15 is 0 Å². The number of hydrogen-bond donors (Lipinski definition) is 1. The molecule has 2 saturated heterocycles. The van der Waals surface area contributed by atoms with Gasteiger partial charge in [0, 0.05) is 30.1 Å². The first-order valence-corrected chi connectivity index (χ1v) is 9.79. The fourth-order valence-corrected chi connectivity index (χ4v) is 5.43. The molecule has 118 valence electrons. The maximum Gasteiger partial charge on any atom is 0.0702 e. The van der Waals surface area contributed by atoms with Crippen LogP contribution in [0, 0.1) is 0 Å². The summed E-state index contributed by atoms with van der Waals surface area (Å²) in [4.78, 5) is 6.74. The van der Waals surface area contributed by atoms with E-state index in [1.807, 2.05) is 11.3 Å². The molecule has 3 rings (SSSR count). The molecule has 3 unspecified atom stereocenters. The van der Waals surface area contributed by atoms with Gasteiger partial charge in [-0.1, -0.05) is 6.92 Å². The second-order valence-electron chi connectivity index (χ2n) is 6.34. The van der Waals surface area contributed by atoms with Crippen LogP contribution in [0.4, 0.5) is 0 Å². The van der Waals surface area contributed by atoms with Gasteiger partial charge < -0.3 is 5.73 Å². The highest BCUT2D eigenvalue weighted by atomic mass is 79.9. The highest BCUT2D eigenvalue weighted by Crippen LogP contribution is 2.36. The van der Waals surface area contributed by atoms with Crippen molar-refractivity contribution >= 4 is 27.3 Å². The Labute approximate surface area is 140 Å². The van der Waals surface area contributed by atoms with Crippen LogP contribution in [0.3, 0.4) is 0 Å². The summed E-state index contributed by atoms with van der Waals surface area (Å²) < 4.78 is 1.21. The zero-order chi connectivity index (χ0) is 14.8. The Morgan fingerprint density at radius 3 is 2.71 bits per heavy atom. The van der Waals surface area contributed by atoms with Gasteiger partial charge in [0.15, 0.2) is 0 Å². The third kappa shape index (κ3) is 3.53. The van der Waals surface area contributed by atoms with E-state index in [0.717, 1.165) is 12.5 Å². The normalized spacial score (nSPS) is 27.3. The van der Waals surface area contributed by atoms with Crippen molar-refractivity contribution in [2.24, 2.45) is 5.73 Å². The molecule has 0 amide bonds. The third-order valence-corrected chi connectivity index (χ3v) is 6.70. The quantitative estimate of drug-likeness (QED) is 0.859. The Morgan fingerprint density at radius 2 is 2.10 bits per heavy atom. The second-order valence-corrected chi connectivity index (χ2v) is 8.83. The maximum absolute atomic E-state index is 6.47. The molecule has 1 aromatic heterocycles. The molecule has 0 spiro atoms. The molecule has 5 heteroatoms. The van der Waals surface area contributed by atoms with Gasteiger partial charge >= 0.3 is 0 Å². The van der Waals surface area contributed by atoms with Crippen molar-refractivity contribution in [1.82, 2.24) is 9.80 Å². The molecule has 0 bridgehead atoms. The molecule has 1 aromatic rings. The van der Waals surface area contributed by atoms with Gasteiger partial charge in [-0.3, -0.25) is 9.80 Å².